The summed E-state index contributed by atoms with van der Waals surface area (Å²) in [5.74, 6) is -0.677. The first kappa shape index (κ1) is 13.5. The van der Waals surface area contributed by atoms with Crippen molar-refractivity contribution in [3.63, 3.8) is 0 Å². The van der Waals surface area contributed by atoms with Crippen molar-refractivity contribution in [1.29, 1.82) is 0 Å². The summed E-state index contributed by atoms with van der Waals surface area (Å²) in [4.78, 5) is 0. The molecule has 100 valence electrons. The molecule has 0 spiro atoms. The van der Waals surface area contributed by atoms with Crippen molar-refractivity contribution in [2.45, 2.75) is 70.7 Å². The number of hydrogen-bond acceptors (Lipinski definition) is 5. The molecule has 0 unspecified atom stereocenters. The van der Waals surface area contributed by atoms with Crippen LogP contribution in [0.5, 0.6) is 0 Å². The van der Waals surface area contributed by atoms with Crippen molar-refractivity contribution in [2.24, 2.45) is 0 Å². The van der Waals surface area contributed by atoms with Gasteiger partial charge >= 0.3 is 8.25 Å². The second-order valence-electron chi connectivity index (χ2n) is 6.14. The molecule has 2 heterocycles. The van der Waals surface area contributed by atoms with Crippen LogP contribution in [0.3, 0.4) is 0 Å². The van der Waals surface area contributed by atoms with Gasteiger partial charge in [-0.15, -0.1) is 0 Å². The highest BCUT2D eigenvalue weighted by molar-refractivity contribution is 7.33. The maximum atomic E-state index is 11.7. The van der Waals surface area contributed by atoms with Crippen molar-refractivity contribution in [3.05, 3.63) is 0 Å². The molecule has 2 rings (SSSR count). The molecule has 2 fully saturated rings. The van der Waals surface area contributed by atoms with E-state index in [1.165, 1.54) is 0 Å². The Morgan fingerprint density at radius 2 is 1.18 bits per heavy atom. The van der Waals surface area contributed by atoms with Gasteiger partial charge in [-0.25, -0.2) is 0 Å². The van der Waals surface area contributed by atoms with Gasteiger partial charge in [0.05, 0.1) is 0 Å². The van der Waals surface area contributed by atoms with Gasteiger partial charge in [-0.05, 0) is 41.5 Å². The summed E-state index contributed by atoms with van der Waals surface area (Å²) in [5, 5.41) is 0. The third kappa shape index (κ3) is 2.45. The molecule has 2 saturated heterocycles. The normalized spacial score (nSPS) is 39.6. The molecule has 2 aliphatic heterocycles. The SMILES string of the molecule is CC1(C)O[C@@H]2[C@@H](O1)C(C)(C)O[PH](=O)OC2(C)C. The Morgan fingerprint density at radius 1 is 0.824 bits per heavy atom. The molecular formula is C11H21O5P. The van der Waals surface area contributed by atoms with Crippen molar-refractivity contribution in [1.82, 2.24) is 0 Å². The van der Waals surface area contributed by atoms with Crippen LogP contribution in [-0.4, -0.2) is 29.2 Å². The van der Waals surface area contributed by atoms with Gasteiger partial charge in [0.25, 0.3) is 0 Å². The molecule has 0 radical (unpaired) electrons. The van der Waals surface area contributed by atoms with E-state index in [4.69, 9.17) is 18.5 Å². The van der Waals surface area contributed by atoms with E-state index in [9.17, 15) is 4.57 Å². The zero-order valence-corrected chi connectivity index (χ0v) is 12.2. The Hall–Kier alpha value is 0.0700. The summed E-state index contributed by atoms with van der Waals surface area (Å²) < 4.78 is 34.4. The third-order valence-corrected chi connectivity index (χ3v) is 4.55. The summed E-state index contributed by atoms with van der Waals surface area (Å²) in [6.07, 6.45) is -0.604. The molecule has 2 aliphatic rings. The second kappa shape index (κ2) is 3.78. The fraction of sp³-hybridized carbons (Fsp3) is 1.00. The van der Waals surface area contributed by atoms with Gasteiger partial charge in [0.15, 0.2) is 5.79 Å². The summed E-state index contributed by atoms with van der Waals surface area (Å²) in [5.41, 5.74) is -1.38. The van der Waals surface area contributed by atoms with Crippen LogP contribution in [0.25, 0.3) is 0 Å². The zero-order valence-electron chi connectivity index (χ0n) is 11.2. The van der Waals surface area contributed by atoms with Gasteiger partial charge in [0.2, 0.25) is 0 Å². The first-order chi connectivity index (χ1) is 7.54. The highest BCUT2D eigenvalue weighted by Gasteiger charge is 2.58. The Labute approximate surface area is 103 Å². The van der Waals surface area contributed by atoms with E-state index in [-0.39, 0.29) is 12.2 Å². The Balaban J connectivity index is 2.39. The van der Waals surface area contributed by atoms with Crippen LogP contribution in [-0.2, 0) is 23.1 Å². The minimum Gasteiger partial charge on any atom is -0.341 e. The number of rotatable bonds is 0. The Kier molecular flexibility index (Phi) is 3.00. The molecule has 0 aliphatic carbocycles. The molecule has 5 nitrogen and oxygen atoms in total. The van der Waals surface area contributed by atoms with E-state index < -0.39 is 25.2 Å². The first-order valence-electron chi connectivity index (χ1n) is 5.81. The van der Waals surface area contributed by atoms with E-state index in [2.05, 4.69) is 0 Å². The summed E-state index contributed by atoms with van der Waals surface area (Å²) in [6.45, 7) is 11.1. The summed E-state index contributed by atoms with van der Waals surface area (Å²) >= 11 is 0. The number of fused-ring (bicyclic) bond motifs is 1. The largest absolute Gasteiger partial charge is 0.341 e. The van der Waals surface area contributed by atoms with Crippen LogP contribution in [0.4, 0.5) is 0 Å². The summed E-state index contributed by atoms with van der Waals surface area (Å²) in [6, 6.07) is 0. The van der Waals surface area contributed by atoms with Gasteiger partial charge in [-0.2, -0.15) is 0 Å². The van der Waals surface area contributed by atoms with Crippen LogP contribution in [0.1, 0.15) is 41.5 Å². The van der Waals surface area contributed by atoms with Crippen LogP contribution in [0, 0.1) is 0 Å². The monoisotopic (exact) mass is 264 g/mol. The van der Waals surface area contributed by atoms with E-state index in [0.29, 0.717) is 0 Å². The van der Waals surface area contributed by atoms with Crippen LogP contribution in [0.15, 0.2) is 0 Å². The van der Waals surface area contributed by atoms with E-state index in [1.54, 1.807) is 0 Å². The molecule has 0 amide bonds. The molecule has 0 saturated carbocycles. The van der Waals surface area contributed by atoms with Gasteiger partial charge in [-0.3, -0.25) is 4.57 Å². The second-order valence-corrected chi connectivity index (χ2v) is 7.05. The average Bonchev–Trinajstić information content (AvgIpc) is 2.37. The minimum atomic E-state index is -2.53. The predicted molar refractivity (Wildman–Crippen MR) is 63.2 cm³/mol. The van der Waals surface area contributed by atoms with Crippen molar-refractivity contribution >= 4 is 8.25 Å². The lowest BCUT2D eigenvalue weighted by Gasteiger charge is -2.33. The topological polar surface area (TPSA) is 54.0 Å². The predicted octanol–water partition coefficient (Wildman–Crippen LogP) is 2.50. The lowest BCUT2D eigenvalue weighted by atomic mass is 9.88. The highest BCUT2D eigenvalue weighted by atomic mass is 31.1. The van der Waals surface area contributed by atoms with Gasteiger partial charge in [0, 0.05) is 0 Å². The molecular weight excluding hydrogens is 243 g/mol. The fourth-order valence-electron chi connectivity index (χ4n) is 2.34. The van der Waals surface area contributed by atoms with Gasteiger partial charge < -0.3 is 18.5 Å². The minimum absolute atomic E-state index is 0.302. The molecule has 0 aromatic carbocycles. The maximum absolute atomic E-state index is 11.7. The number of ether oxygens (including phenoxy) is 2. The first-order valence-corrected chi connectivity index (χ1v) is 7.04. The molecule has 0 aromatic rings. The average molecular weight is 264 g/mol. The van der Waals surface area contributed by atoms with Gasteiger partial charge in [-0.1, -0.05) is 0 Å². The standard InChI is InChI=1S/C11H21O5P/c1-9(2)7-8(14-11(5,6)13-7)10(3,4)16-17(12)15-9/h7-8,17H,1-6H3/t7-,8-/m1/s1. The van der Waals surface area contributed by atoms with Crippen LogP contribution < -0.4 is 0 Å². The van der Waals surface area contributed by atoms with Crippen molar-refractivity contribution < 1.29 is 23.1 Å². The summed E-state index contributed by atoms with van der Waals surface area (Å²) in [7, 11) is -2.53. The Morgan fingerprint density at radius 3 is 1.53 bits per heavy atom. The third-order valence-electron chi connectivity index (χ3n) is 3.16. The fourth-order valence-corrected chi connectivity index (χ4v) is 3.48. The molecule has 0 N–H and O–H groups in total. The van der Waals surface area contributed by atoms with Crippen LogP contribution in [0.2, 0.25) is 0 Å². The number of hydrogen-bond donors (Lipinski definition) is 0. The Bertz CT molecular complexity index is 320. The smallest absolute Gasteiger partial charge is 0.320 e. The lowest BCUT2D eigenvalue weighted by molar-refractivity contribution is -0.173. The van der Waals surface area contributed by atoms with E-state index in [0.717, 1.165) is 0 Å². The molecule has 17 heavy (non-hydrogen) atoms. The molecule has 0 aromatic heterocycles. The molecule has 6 heteroatoms. The quantitative estimate of drug-likeness (QED) is 0.629. The van der Waals surface area contributed by atoms with Crippen LogP contribution >= 0.6 is 8.25 Å². The maximum Gasteiger partial charge on any atom is 0.320 e. The van der Waals surface area contributed by atoms with E-state index >= 15 is 0 Å². The van der Waals surface area contributed by atoms with E-state index in [1.807, 2.05) is 41.5 Å². The van der Waals surface area contributed by atoms with Crippen molar-refractivity contribution in [2.75, 3.05) is 0 Å². The lowest BCUT2D eigenvalue weighted by Crippen LogP contribution is -2.50. The highest BCUT2D eigenvalue weighted by Crippen LogP contribution is 2.50. The molecule has 0 bridgehead atoms. The zero-order chi connectivity index (χ0) is 13.1. The molecule has 2 atom stereocenters. The van der Waals surface area contributed by atoms with Crippen molar-refractivity contribution in [3.8, 4) is 0 Å². The van der Waals surface area contributed by atoms with Gasteiger partial charge in [0.1, 0.15) is 23.4 Å².